The predicted octanol–water partition coefficient (Wildman–Crippen LogP) is 14.3. The largest absolute Gasteiger partial charge is 0.490 e. The van der Waals surface area contributed by atoms with Crippen LogP contribution in [0, 0.1) is 52.7 Å². The summed E-state index contributed by atoms with van der Waals surface area (Å²) >= 11 is 11.9. The third-order valence-electron chi connectivity index (χ3n) is 18.8. The molecule has 12 rings (SSSR count). The van der Waals surface area contributed by atoms with Gasteiger partial charge in [0, 0.05) is 77.5 Å². The summed E-state index contributed by atoms with van der Waals surface area (Å²) in [6, 6.07) is 11.2. The van der Waals surface area contributed by atoms with Crippen molar-refractivity contribution < 1.29 is 114 Å². The van der Waals surface area contributed by atoms with Gasteiger partial charge in [-0.2, -0.15) is 13.2 Å². The molecule has 528 valence electrons. The van der Waals surface area contributed by atoms with Gasteiger partial charge in [0.05, 0.1) is 81.1 Å². The lowest BCUT2D eigenvalue weighted by atomic mass is 9.60. The highest BCUT2D eigenvalue weighted by atomic mass is 35.5. The molecule has 29 heteroatoms. The van der Waals surface area contributed by atoms with Gasteiger partial charge in [-0.1, -0.05) is 62.0 Å². The zero-order valence-electron chi connectivity index (χ0n) is 60.9. The maximum Gasteiger partial charge on any atom is 0.416 e. The SMILES string of the molecule is [2H]C(CC)C([2H])[C@@H]1OCC[C@@]2(Cc3ccc(Cl)cc3)c3c(F)ccc(F)c3OC[C@@H]12.[2H]C([2H])([2H])[C@@]1(CCS(C)(=O)=O)OCC[C@@]2(S(=O)(=O)c3ccc(C(F)(F)F)cc3)c3c(F)ccc(F)c3OC[C@@H]12.[2H]c1c([2H])c(S(=O)(=O)[C@@]23CCO[C@@H](CCS(=O)(=O)CC)[C@@H]2COc2c(F)ccc(F)c23)c([2H])c([2H])c1Cl. The normalized spacial score (nSPS) is 28.1. The van der Waals surface area contributed by atoms with E-state index < -0.39 is 257 Å². The van der Waals surface area contributed by atoms with Gasteiger partial charge in [0.2, 0.25) is 0 Å². The monoisotopic (exact) mass is 1490 g/mol. The Morgan fingerprint density at radius 3 is 1.67 bits per heavy atom. The first-order valence-electron chi connectivity index (χ1n) is 35.1. The van der Waals surface area contributed by atoms with E-state index in [1.54, 1.807) is 12.1 Å². The van der Waals surface area contributed by atoms with Crippen LogP contribution in [0.3, 0.4) is 0 Å². The topological polar surface area (TPSA) is 192 Å². The van der Waals surface area contributed by atoms with Crippen LogP contribution >= 0.6 is 23.2 Å². The minimum absolute atomic E-state index is 0.0414. The number of alkyl halides is 3. The number of benzene rings is 6. The van der Waals surface area contributed by atoms with E-state index in [-0.39, 0.29) is 48.4 Å². The molecular formula is C68H71Cl2F9O14S4. The molecule has 0 aromatic heterocycles. The summed E-state index contributed by atoms with van der Waals surface area (Å²) in [5.74, 6) is -11.8. The summed E-state index contributed by atoms with van der Waals surface area (Å²) in [6.45, 7) is -1.67. The van der Waals surface area contributed by atoms with Crippen LogP contribution in [0.25, 0.3) is 0 Å². The van der Waals surface area contributed by atoms with Crippen LogP contribution in [0.4, 0.5) is 39.5 Å². The first kappa shape index (κ1) is 62.4. The van der Waals surface area contributed by atoms with Crippen molar-refractivity contribution in [1.82, 2.24) is 0 Å². The Hall–Kier alpha value is -5.65. The van der Waals surface area contributed by atoms with Crippen molar-refractivity contribution in [1.29, 1.82) is 0 Å². The van der Waals surface area contributed by atoms with E-state index >= 15 is 13.2 Å². The van der Waals surface area contributed by atoms with Crippen molar-refractivity contribution in [3.63, 3.8) is 0 Å². The molecule has 14 nitrogen and oxygen atoms in total. The first-order valence-corrected chi connectivity index (χ1v) is 38.1. The molecule has 0 spiro atoms. The number of hydrogen-bond acceptors (Lipinski definition) is 14. The molecule has 6 aromatic carbocycles. The van der Waals surface area contributed by atoms with E-state index in [0.29, 0.717) is 67.3 Å². The number of sulfone groups is 4. The van der Waals surface area contributed by atoms with E-state index in [0.717, 1.165) is 36.1 Å². The maximum atomic E-state index is 15.5. The summed E-state index contributed by atoms with van der Waals surface area (Å²) in [5.41, 5.74) is -4.78. The number of ether oxygens (including phenoxy) is 6. The average molecular weight is 1490 g/mol. The quantitative estimate of drug-likeness (QED) is 0.0831. The lowest BCUT2D eigenvalue weighted by Crippen LogP contribution is -2.62. The van der Waals surface area contributed by atoms with Gasteiger partial charge in [-0.15, -0.1) is 0 Å². The predicted molar refractivity (Wildman–Crippen MR) is 344 cm³/mol. The molecule has 6 aliphatic heterocycles. The van der Waals surface area contributed by atoms with E-state index in [4.69, 9.17) is 64.0 Å². The number of halogens is 11. The van der Waals surface area contributed by atoms with Crippen molar-refractivity contribution in [3.05, 3.63) is 182 Å². The Labute approximate surface area is 580 Å². The van der Waals surface area contributed by atoms with Crippen molar-refractivity contribution in [2.75, 3.05) is 63.2 Å². The summed E-state index contributed by atoms with van der Waals surface area (Å²) in [7, 11) is -17.4. The van der Waals surface area contributed by atoms with Gasteiger partial charge in [0.15, 0.2) is 54.4 Å². The molecule has 3 fully saturated rings. The van der Waals surface area contributed by atoms with Crippen LogP contribution in [0.2, 0.25) is 10.0 Å². The third-order valence-corrected chi connectivity index (χ3v) is 26.9. The van der Waals surface area contributed by atoms with Crippen LogP contribution in [-0.2, 0) is 81.1 Å². The zero-order chi connectivity index (χ0) is 78.2. The molecule has 0 radical (unpaired) electrons. The molecular weight excluding hydrogens is 1410 g/mol. The number of rotatable bonds is 16. The number of hydrogen-bond donors (Lipinski definition) is 0. The van der Waals surface area contributed by atoms with Gasteiger partial charge >= 0.3 is 6.18 Å². The molecule has 3 saturated heterocycles. The molecule has 0 bridgehead atoms. The second kappa shape index (κ2) is 28.4. The lowest BCUT2D eigenvalue weighted by Gasteiger charge is -2.54. The highest BCUT2D eigenvalue weighted by Gasteiger charge is 2.66. The molecule has 0 aliphatic carbocycles. The van der Waals surface area contributed by atoms with Gasteiger partial charge in [-0.3, -0.25) is 0 Å². The minimum Gasteiger partial charge on any atom is -0.490 e. The maximum absolute atomic E-state index is 15.5. The first-order chi connectivity index (χ1) is 49.4. The van der Waals surface area contributed by atoms with Gasteiger partial charge in [-0.25, -0.2) is 60.0 Å². The molecule has 0 amide bonds. The van der Waals surface area contributed by atoms with Gasteiger partial charge in [-0.05, 0) is 154 Å². The van der Waals surface area contributed by atoms with Crippen molar-refractivity contribution >= 4 is 62.6 Å². The molecule has 11 atom stereocenters. The standard InChI is InChI=1S/C23H25ClF2O2.C23H23F5O6S2.C22H23ClF2O6S2/c1-2-3-4-20-17-14-28-22-19(26)10-9-18(25)21(22)23(17,11-12-27-20)13-15-5-7-16(24)8-6-15;1-21(10-12-35(2,29)30)18-13-33-20-17(25)8-7-16(24)19(20)22(18,9-11-34-21)36(31,32)15-5-3-14(4-6-15)23(26,27)28;1-2-32(26,27)12-9-19-16-13-31-21-18(25)8-7-17(24)20(21)22(16,10-11-30-19)33(28,29)15-5-3-14(23)4-6-15/h5-10,17,20H,2-4,11-14H2,1H3;3-8,18H,9-13H2,1-2H3;3-8,16,19H,2,9-13H2,1H3/t17-,20-,23-;18-,21-,22-;16-,19-,22-/m000/s1/i3D,4D;1D3;3D,4D,5D,6D/t3?,4?,17-,20-,23-;2m. The highest BCUT2D eigenvalue weighted by Crippen LogP contribution is 2.60. The molecule has 6 aromatic rings. The van der Waals surface area contributed by atoms with Gasteiger partial charge < -0.3 is 28.4 Å². The van der Waals surface area contributed by atoms with Crippen LogP contribution in [0.1, 0.15) is 112 Å². The van der Waals surface area contributed by atoms with Crippen LogP contribution < -0.4 is 14.2 Å². The molecule has 0 saturated carbocycles. The molecule has 6 aliphatic rings. The Balaban J connectivity index is 0.000000172. The Morgan fingerprint density at radius 2 is 1.10 bits per heavy atom. The second-order valence-corrected chi connectivity index (χ2v) is 34.2. The Bertz CT molecular complexity index is 4810. The highest BCUT2D eigenvalue weighted by molar-refractivity contribution is 7.93. The average Bonchev–Trinajstić information content (AvgIpc) is 0.650. The second-order valence-electron chi connectivity index (χ2n) is 24.3. The summed E-state index contributed by atoms with van der Waals surface area (Å²) < 4.78 is 339. The molecule has 0 N–H and O–H groups in total. The van der Waals surface area contributed by atoms with Crippen LogP contribution in [-0.4, -0.2) is 115 Å². The summed E-state index contributed by atoms with van der Waals surface area (Å²) in [5, 5.41) is 0.00991. The summed E-state index contributed by atoms with van der Waals surface area (Å²) in [6.07, 6.45) is -7.58. The fourth-order valence-electron chi connectivity index (χ4n) is 14.1. The third kappa shape index (κ3) is 14.1. The zero-order valence-corrected chi connectivity index (χ0v) is 56.7. The van der Waals surface area contributed by atoms with E-state index in [2.05, 4.69) is 0 Å². The van der Waals surface area contributed by atoms with Gasteiger partial charge in [0.1, 0.15) is 46.6 Å². The van der Waals surface area contributed by atoms with Gasteiger partial charge in [0.25, 0.3) is 0 Å². The van der Waals surface area contributed by atoms with E-state index in [1.165, 1.54) is 6.92 Å². The molecule has 2 unspecified atom stereocenters. The molecule has 97 heavy (non-hydrogen) atoms. The lowest BCUT2D eigenvalue weighted by molar-refractivity contribution is -0.143. The van der Waals surface area contributed by atoms with Crippen LogP contribution in [0.15, 0.2) is 119 Å². The van der Waals surface area contributed by atoms with Crippen LogP contribution in [0.5, 0.6) is 17.2 Å². The van der Waals surface area contributed by atoms with E-state index in [9.17, 15) is 60.0 Å². The minimum atomic E-state index is -5.04. The smallest absolute Gasteiger partial charge is 0.416 e. The fraction of sp³-hybridized carbons (Fsp3) is 0.471. The Morgan fingerprint density at radius 1 is 0.588 bits per heavy atom. The van der Waals surface area contributed by atoms with E-state index in [1.807, 2.05) is 19.1 Å². The van der Waals surface area contributed by atoms with Crippen molar-refractivity contribution in [3.8, 4) is 17.2 Å². The van der Waals surface area contributed by atoms with Crippen molar-refractivity contribution in [2.45, 2.75) is 127 Å². The molecule has 6 heterocycles. The Kier molecular flexibility index (Phi) is 18.3. The fourth-order valence-corrected chi connectivity index (χ4v) is 20.4. The van der Waals surface area contributed by atoms with Crippen molar-refractivity contribution in [2.24, 2.45) is 17.8 Å². The summed E-state index contributed by atoms with van der Waals surface area (Å²) in [4.78, 5) is -1.73. The number of fused-ring (bicyclic) bond motifs is 9.